The molecular formula is C27H23Cl2FN4O6. The van der Waals surface area contributed by atoms with Gasteiger partial charge in [-0.05, 0) is 56.5 Å². The van der Waals surface area contributed by atoms with Crippen LogP contribution in [0, 0.1) is 12.7 Å². The van der Waals surface area contributed by atoms with E-state index in [0.717, 1.165) is 6.07 Å². The minimum atomic E-state index is -0.967. The van der Waals surface area contributed by atoms with Crippen LogP contribution in [-0.2, 0) is 9.59 Å². The molecule has 1 aliphatic heterocycles. The van der Waals surface area contributed by atoms with Crippen LogP contribution in [0.3, 0.4) is 0 Å². The van der Waals surface area contributed by atoms with E-state index >= 15 is 0 Å². The fourth-order valence-electron chi connectivity index (χ4n) is 5.68. The fraction of sp³-hybridized carbons (Fsp3) is 0.333. The Labute approximate surface area is 237 Å². The molecule has 7 rings (SSSR count). The number of aryl methyl sites for hydroxylation is 1. The molecule has 13 heteroatoms. The van der Waals surface area contributed by atoms with E-state index in [9.17, 15) is 18.8 Å². The third-order valence-corrected chi connectivity index (χ3v) is 7.97. The number of hydrogen-bond donors (Lipinski definition) is 2. The maximum Gasteiger partial charge on any atom is 0.263 e. The molecule has 2 aromatic carbocycles. The lowest BCUT2D eigenvalue weighted by molar-refractivity contribution is -0.153. The highest BCUT2D eigenvalue weighted by Crippen LogP contribution is 2.60. The van der Waals surface area contributed by atoms with Crippen LogP contribution in [0.25, 0.3) is 0 Å². The Morgan fingerprint density at radius 1 is 1.12 bits per heavy atom. The van der Waals surface area contributed by atoms with Gasteiger partial charge in [0.05, 0.1) is 23.5 Å². The highest BCUT2D eigenvalue weighted by molar-refractivity contribution is 6.31. The molecule has 3 aliphatic carbocycles. The monoisotopic (exact) mass is 588 g/mol. The van der Waals surface area contributed by atoms with Gasteiger partial charge in [-0.15, -0.1) is 0 Å². The van der Waals surface area contributed by atoms with Crippen LogP contribution < -0.4 is 25.0 Å². The van der Waals surface area contributed by atoms with Crippen LogP contribution in [0.5, 0.6) is 11.5 Å². The summed E-state index contributed by atoms with van der Waals surface area (Å²) in [6.45, 7) is 1.31. The second-order valence-electron chi connectivity index (χ2n) is 10.4. The molecule has 1 unspecified atom stereocenters. The number of halogens is 3. The number of nitrogens with one attached hydrogen (secondary N) is 2. The lowest BCUT2D eigenvalue weighted by atomic mass is 9.44. The van der Waals surface area contributed by atoms with Crippen molar-refractivity contribution in [1.82, 2.24) is 15.8 Å². The summed E-state index contributed by atoms with van der Waals surface area (Å²) in [6, 6.07) is 8.79. The van der Waals surface area contributed by atoms with Gasteiger partial charge in [-0.2, -0.15) is 0 Å². The largest absolute Gasteiger partial charge is 0.484 e. The lowest BCUT2D eigenvalue weighted by Crippen LogP contribution is -2.84. The van der Waals surface area contributed by atoms with E-state index in [2.05, 4.69) is 15.8 Å². The second-order valence-corrected chi connectivity index (χ2v) is 11.3. The van der Waals surface area contributed by atoms with Crippen molar-refractivity contribution in [3.8, 4) is 11.5 Å². The topological polar surface area (TPSA) is 123 Å². The number of rotatable bonds is 7. The molecule has 2 bridgehead atoms. The first kappa shape index (κ1) is 26.4. The average Bonchev–Trinajstić information content (AvgIpc) is 3.32. The standard InChI is InChI=1S/C27H23Cl2FN4O6/c1-14-17(8-31-40-14)25(37)34-9-22(39-21-5-2-15(28)6-20(21)34)24(36)33-27-11-26(12-27,13-27)32-23(35)10-38-16-3-4-18(29)19(30)7-16/h2-8,22H,9-13H2,1H3,(H,32,35)(H,33,36). The first-order valence-electron chi connectivity index (χ1n) is 12.5. The molecule has 0 radical (unpaired) electrons. The maximum absolute atomic E-state index is 13.6. The van der Waals surface area contributed by atoms with E-state index in [-0.39, 0.29) is 47.2 Å². The van der Waals surface area contributed by atoms with Crippen molar-refractivity contribution in [1.29, 1.82) is 0 Å². The fourth-order valence-corrected chi connectivity index (χ4v) is 5.96. The third kappa shape index (κ3) is 4.73. The first-order chi connectivity index (χ1) is 19.1. The number of hydrogen-bond acceptors (Lipinski definition) is 7. The maximum atomic E-state index is 13.6. The molecular weight excluding hydrogens is 566 g/mol. The summed E-state index contributed by atoms with van der Waals surface area (Å²) >= 11 is 11.8. The van der Waals surface area contributed by atoms with E-state index in [0.29, 0.717) is 41.5 Å². The lowest BCUT2D eigenvalue weighted by Gasteiger charge is -2.70. The Hall–Kier alpha value is -3.83. The number of fused-ring (bicyclic) bond motifs is 1. The number of nitrogens with zero attached hydrogens (tertiary/aromatic N) is 2. The Bertz CT molecular complexity index is 1530. The van der Waals surface area contributed by atoms with Gasteiger partial charge in [0, 0.05) is 22.2 Å². The quantitative estimate of drug-likeness (QED) is 0.430. The zero-order valence-corrected chi connectivity index (χ0v) is 22.6. The molecule has 0 spiro atoms. The minimum absolute atomic E-state index is 0.0325. The highest BCUT2D eigenvalue weighted by atomic mass is 35.5. The van der Waals surface area contributed by atoms with Gasteiger partial charge in [-0.1, -0.05) is 28.4 Å². The average molecular weight is 589 g/mol. The molecule has 3 amide bonds. The molecule has 10 nitrogen and oxygen atoms in total. The van der Waals surface area contributed by atoms with Crippen LogP contribution >= 0.6 is 23.2 Å². The zero-order chi connectivity index (χ0) is 28.2. The molecule has 4 aliphatic rings. The number of anilines is 1. The normalized spacial score (nSPS) is 24.1. The van der Waals surface area contributed by atoms with Crippen molar-refractivity contribution in [2.75, 3.05) is 18.1 Å². The predicted octanol–water partition coefficient (Wildman–Crippen LogP) is 3.82. The Kier molecular flexibility index (Phi) is 6.38. The van der Waals surface area contributed by atoms with E-state index in [1.165, 1.54) is 23.2 Å². The highest BCUT2D eigenvalue weighted by Gasteiger charge is 2.69. The number of ether oxygens (including phenoxy) is 2. The SMILES string of the molecule is Cc1oncc1C(=O)N1CC(C(=O)NC23CC(NC(=O)COc4ccc(Cl)c(F)c4)(C2)C3)Oc2ccc(Cl)cc21. The molecule has 40 heavy (non-hydrogen) atoms. The molecule has 208 valence electrons. The van der Waals surface area contributed by atoms with Crippen LogP contribution in [0.4, 0.5) is 10.1 Å². The number of carbonyl (C=O) groups is 3. The van der Waals surface area contributed by atoms with Gasteiger partial charge < -0.3 is 29.5 Å². The van der Waals surface area contributed by atoms with Crippen molar-refractivity contribution >= 4 is 46.6 Å². The first-order valence-corrected chi connectivity index (χ1v) is 13.2. The summed E-state index contributed by atoms with van der Waals surface area (Å²) in [5.41, 5.74) is -0.176. The molecule has 3 aromatic rings. The molecule has 0 saturated heterocycles. The summed E-state index contributed by atoms with van der Waals surface area (Å²) in [5.74, 6) is -0.840. The van der Waals surface area contributed by atoms with Crippen molar-refractivity contribution in [3.05, 3.63) is 69.8 Å². The molecule has 2 N–H and O–H groups in total. The van der Waals surface area contributed by atoms with Crippen molar-refractivity contribution in [3.63, 3.8) is 0 Å². The summed E-state index contributed by atoms with van der Waals surface area (Å²) in [4.78, 5) is 40.5. The van der Waals surface area contributed by atoms with Gasteiger partial charge in [0.1, 0.15) is 28.6 Å². The van der Waals surface area contributed by atoms with Gasteiger partial charge >= 0.3 is 0 Å². The van der Waals surface area contributed by atoms with E-state index in [1.807, 2.05) is 0 Å². The molecule has 3 saturated carbocycles. The summed E-state index contributed by atoms with van der Waals surface area (Å²) in [6.07, 6.45) is 2.02. The van der Waals surface area contributed by atoms with Crippen LogP contribution in [0.15, 0.2) is 47.1 Å². The predicted molar refractivity (Wildman–Crippen MR) is 141 cm³/mol. The Morgan fingerprint density at radius 3 is 2.58 bits per heavy atom. The van der Waals surface area contributed by atoms with Crippen LogP contribution in [0.2, 0.25) is 10.0 Å². The van der Waals surface area contributed by atoms with Crippen LogP contribution in [0.1, 0.15) is 35.4 Å². The van der Waals surface area contributed by atoms with Gasteiger partial charge in [-0.25, -0.2) is 4.39 Å². The van der Waals surface area contributed by atoms with Gasteiger partial charge in [0.15, 0.2) is 12.7 Å². The number of amides is 3. The number of benzene rings is 2. The van der Waals surface area contributed by atoms with Crippen LogP contribution in [-0.4, -0.2) is 53.2 Å². The van der Waals surface area contributed by atoms with Gasteiger partial charge in [-0.3, -0.25) is 14.4 Å². The Morgan fingerprint density at radius 2 is 1.88 bits per heavy atom. The van der Waals surface area contributed by atoms with E-state index in [1.54, 1.807) is 25.1 Å². The van der Waals surface area contributed by atoms with Crippen molar-refractivity contribution in [2.45, 2.75) is 43.4 Å². The van der Waals surface area contributed by atoms with Crippen molar-refractivity contribution < 1.29 is 32.8 Å². The third-order valence-electron chi connectivity index (χ3n) is 7.43. The molecule has 3 fully saturated rings. The van der Waals surface area contributed by atoms with E-state index in [4.69, 9.17) is 37.2 Å². The van der Waals surface area contributed by atoms with Crippen molar-refractivity contribution in [2.24, 2.45) is 0 Å². The van der Waals surface area contributed by atoms with E-state index < -0.39 is 23.0 Å². The summed E-state index contributed by atoms with van der Waals surface area (Å²) in [5, 5.41) is 10.1. The molecule has 1 aromatic heterocycles. The number of aromatic nitrogens is 1. The minimum Gasteiger partial charge on any atom is -0.484 e. The second kappa shape index (κ2) is 9.67. The summed E-state index contributed by atoms with van der Waals surface area (Å²) < 4.78 is 29.9. The summed E-state index contributed by atoms with van der Waals surface area (Å²) in [7, 11) is 0. The Balaban J connectivity index is 1.06. The van der Waals surface area contributed by atoms with Gasteiger partial charge in [0.2, 0.25) is 0 Å². The molecule has 1 atom stereocenters. The smallest absolute Gasteiger partial charge is 0.263 e. The molecule has 2 heterocycles. The zero-order valence-electron chi connectivity index (χ0n) is 21.1. The number of carbonyl (C=O) groups excluding carboxylic acids is 3. The van der Waals surface area contributed by atoms with Gasteiger partial charge in [0.25, 0.3) is 17.7 Å².